The van der Waals surface area contributed by atoms with Crippen molar-refractivity contribution in [3.8, 4) is 0 Å². The summed E-state index contributed by atoms with van der Waals surface area (Å²) >= 11 is 1.48. The lowest BCUT2D eigenvalue weighted by atomic mass is 9.73. The van der Waals surface area contributed by atoms with E-state index in [1.165, 1.54) is 11.3 Å². The lowest BCUT2D eigenvalue weighted by Crippen LogP contribution is -2.45. The van der Waals surface area contributed by atoms with Gasteiger partial charge in [0.2, 0.25) is 0 Å². The summed E-state index contributed by atoms with van der Waals surface area (Å²) < 4.78 is 11.9. The molecule has 8 nitrogen and oxygen atoms in total. The summed E-state index contributed by atoms with van der Waals surface area (Å²) in [5, 5.41) is 24.5. The molecule has 202 valence electrons. The van der Waals surface area contributed by atoms with Crippen molar-refractivity contribution in [2.45, 2.75) is 110 Å². The number of thiazole rings is 1. The fraction of sp³-hybridized carbons (Fsp3) is 0.741. The maximum absolute atomic E-state index is 13.2. The summed E-state index contributed by atoms with van der Waals surface area (Å²) in [6.45, 7) is 11.2. The minimum Gasteiger partial charge on any atom is -0.458 e. The molecule has 0 spiro atoms. The number of nitrogens with two attached hydrogens (primary N) is 1. The molecule has 2 aliphatic rings. The Kier molecular flexibility index (Phi) is 9.15. The molecule has 2 fully saturated rings. The van der Waals surface area contributed by atoms with Crippen LogP contribution >= 0.6 is 11.3 Å². The molecule has 1 unspecified atom stereocenters. The normalized spacial score (nSPS) is 36.8. The van der Waals surface area contributed by atoms with Gasteiger partial charge in [0.15, 0.2) is 0 Å². The monoisotopic (exact) mass is 522 g/mol. The van der Waals surface area contributed by atoms with Crippen molar-refractivity contribution in [2.75, 3.05) is 0 Å². The number of aliphatic hydroxyl groups excluding tert-OH is 2. The van der Waals surface area contributed by atoms with Gasteiger partial charge in [0, 0.05) is 24.3 Å². The highest BCUT2D eigenvalue weighted by atomic mass is 32.1. The zero-order valence-corrected chi connectivity index (χ0v) is 23.1. The number of fused-ring (bicyclic) bond motifs is 1. The van der Waals surface area contributed by atoms with Crippen LogP contribution in [0.5, 0.6) is 0 Å². The number of cyclic esters (lactones) is 1. The molecule has 1 aromatic rings. The van der Waals surface area contributed by atoms with Crippen molar-refractivity contribution in [3.05, 3.63) is 21.7 Å². The first-order chi connectivity index (χ1) is 16.8. The third-order valence-corrected chi connectivity index (χ3v) is 8.92. The van der Waals surface area contributed by atoms with E-state index in [2.05, 4.69) is 11.9 Å². The fourth-order valence-electron chi connectivity index (χ4n) is 5.11. The number of carbonyl (C=O) groups is 2. The maximum atomic E-state index is 13.2. The summed E-state index contributed by atoms with van der Waals surface area (Å²) in [4.78, 5) is 30.7. The Balaban J connectivity index is 1.85. The second kappa shape index (κ2) is 11.4. The molecule has 0 bridgehead atoms. The van der Waals surface area contributed by atoms with Crippen molar-refractivity contribution in [1.29, 1.82) is 0 Å². The topological polar surface area (TPSA) is 135 Å². The van der Waals surface area contributed by atoms with Crippen LogP contribution in [-0.2, 0) is 25.6 Å². The van der Waals surface area contributed by atoms with Gasteiger partial charge < -0.3 is 25.4 Å². The number of hydrogen-bond acceptors (Lipinski definition) is 9. The lowest BCUT2D eigenvalue weighted by Gasteiger charge is -2.34. The first kappa shape index (κ1) is 28.9. The van der Waals surface area contributed by atoms with Gasteiger partial charge in [-0.15, -0.1) is 11.3 Å². The van der Waals surface area contributed by atoms with E-state index in [1.54, 1.807) is 20.8 Å². The second-order valence-electron chi connectivity index (χ2n) is 11.3. The van der Waals surface area contributed by atoms with Gasteiger partial charge in [0.1, 0.15) is 16.9 Å². The summed E-state index contributed by atoms with van der Waals surface area (Å²) in [6, 6.07) is 0. The zero-order valence-electron chi connectivity index (χ0n) is 22.3. The van der Waals surface area contributed by atoms with Crippen molar-refractivity contribution < 1.29 is 29.3 Å². The summed E-state index contributed by atoms with van der Waals surface area (Å²) in [5.41, 5.74) is 5.74. The molecule has 7 atom stereocenters. The highest BCUT2D eigenvalue weighted by Gasteiger charge is 2.53. The van der Waals surface area contributed by atoms with Gasteiger partial charge in [-0.1, -0.05) is 34.1 Å². The Labute approximate surface area is 218 Å². The van der Waals surface area contributed by atoms with E-state index in [1.807, 2.05) is 25.3 Å². The minimum atomic E-state index is -1.24. The molecular weight excluding hydrogens is 480 g/mol. The van der Waals surface area contributed by atoms with Gasteiger partial charge in [-0.2, -0.15) is 0 Å². The van der Waals surface area contributed by atoms with Crippen LogP contribution in [0.2, 0.25) is 0 Å². The SMILES string of the molecule is CC(=Cc1csc(CN)n1)C1C[C@@H]2O[C@]2(C)CCC[C@H](C)[C@H](O)[C@@H](C)C(=O)C(C)(C)[C@@H](O)CC(=O)O1. The minimum absolute atomic E-state index is 0.0660. The van der Waals surface area contributed by atoms with E-state index in [4.69, 9.17) is 15.2 Å². The quantitative estimate of drug-likeness (QED) is 0.405. The van der Waals surface area contributed by atoms with Gasteiger partial charge in [-0.25, -0.2) is 4.98 Å². The van der Waals surface area contributed by atoms with E-state index >= 15 is 0 Å². The first-order valence-electron chi connectivity index (χ1n) is 12.9. The van der Waals surface area contributed by atoms with Crippen LogP contribution in [0.1, 0.15) is 84.3 Å². The number of aromatic nitrogens is 1. The molecular formula is C27H42N2O6S. The lowest BCUT2D eigenvalue weighted by molar-refractivity contribution is -0.154. The van der Waals surface area contributed by atoms with Gasteiger partial charge in [0.25, 0.3) is 0 Å². The molecule has 0 radical (unpaired) electrons. The van der Waals surface area contributed by atoms with Crippen LogP contribution in [0, 0.1) is 17.3 Å². The van der Waals surface area contributed by atoms with Crippen LogP contribution in [-0.4, -0.2) is 57.0 Å². The van der Waals surface area contributed by atoms with Crippen molar-refractivity contribution in [3.63, 3.8) is 0 Å². The van der Waals surface area contributed by atoms with Gasteiger partial charge in [-0.05, 0) is 44.3 Å². The molecule has 0 aromatic carbocycles. The van der Waals surface area contributed by atoms with E-state index in [9.17, 15) is 19.8 Å². The molecule has 4 N–H and O–H groups in total. The van der Waals surface area contributed by atoms with Crippen LogP contribution in [0.25, 0.3) is 6.08 Å². The number of Topliss-reactive ketones (excluding diaryl/α,β-unsaturated/α-hetero) is 1. The Bertz CT molecular complexity index is 975. The average Bonchev–Trinajstić information content (AvgIpc) is 3.23. The molecule has 2 aliphatic heterocycles. The van der Waals surface area contributed by atoms with Crippen molar-refractivity contribution >= 4 is 29.2 Å². The molecule has 3 rings (SSSR count). The third-order valence-electron chi connectivity index (χ3n) is 8.03. The number of ether oxygens (including phenoxy) is 2. The third kappa shape index (κ3) is 6.61. The largest absolute Gasteiger partial charge is 0.458 e. The number of aliphatic hydroxyl groups is 2. The van der Waals surface area contributed by atoms with Gasteiger partial charge >= 0.3 is 5.97 Å². The first-order valence-corrected chi connectivity index (χ1v) is 13.8. The molecule has 1 aromatic heterocycles. The second-order valence-corrected chi connectivity index (χ2v) is 12.3. The summed E-state index contributed by atoms with van der Waals surface area (Å²) in [6.07, 6.45) is 1.80. The van der Waals surface area contributed by atoms with E-state index in [0.717, 1.165) is 35.5 Å². The van der Waals surface area contributed by atoms with Gasteiger partial charge in [0.05, 0.1) is 41.4 Å². The molecule has 0 saturated carbocycles. The number of esters is 1. The van der Waals surface area contributed by atoms with Crippen molar-refractivity contribution in [1.82, 2.24) is 4.98 Å². The molecule has 0 amide bonds. The van der Waals surface area contributed by atoms with Crippen LogP contribution in [0.15, 0.2) is 11.0 Å². The smallest absolute Gasteiger partial charge is 0.309 e. The number of nitrogens with zero attached hydrogens (tertiary/aromatic N) is 1. The molecule has 36 heavy (non-hydrogen) atoms. The van der Waals surface area contributed by atoms with Crippen LogP contribution < -0.4 is 5.73 Å². The van der Waals surface area contributed by atoms with E-state index in [-0.39, 0.29) is 29.8 Å². The van der Waals surface area contributed by atoms with Gasteiger partial charge in [-0.3, -0.25) is 9.59 Å². The number of hydrogen-bond donors (Lipinski definition) is 3. The number of carbonyl (C=O) groups excluding carboxylic acids is 2. The van der Waals surface area contributed by atoms with Crippen LogP contribution in [0.3, 0.4) is 0 Å². The van der Waals surface area contributed by atoms with Crippen molar-refractivity contribution in [2.24, 2.45) is 23.0 Å². The highest BCUT2D eigenvalue weighted by Crippen LogP contribution is 2.45. The Hall–Kier alpha value is -1.65. The standard InChI is InChI=1S/C27H42N2O6S/c1-15-8-7-9-27(6)21(35-27)11-19(16(2)10-18-14-36-22(13-28)29-18)34-23(31)12-20(30)26(4,5)25(33)17(3)24(15)32/h10,14-15,17,19-21,24,30,32H,7-9,11-13,28H2,1-6H3/t15-,17+,19?,20-,21-,24-,27+/m0/s1. The zero-order chi connectivity index (χ0) is 26.8. The fourth-order valence-corrected chi connectivity index (χ4v) is 5.74. The predicted octanol–water partition coefficient (Wildman–Crippen LogP) is 3.63. The molecule has 9 heteroatoms. The van der Waals surface area contributed by atoms with E-state index in [0.29, 0.717) is 13.0 Å². The average molecular weight is 523 g/mol. The van der Waals surface area contributed by atoms with Crippen LogP contribution in [0.4, 0.5) is 0 Å². The maximum Gasteiger partial charge on any atom is 0.309 e. The Morgan fingerprint density at radius 1 is 1.28 bits per heavy atom. The summed E-state index contributed by atoms with van der Waals surface area (Å²) in [5.74, 6) is -1.59. The van der Waals surface area contributed by atoms with E-state index < -0.39 is 35.6 Å². The molecule has 3 heterocycles. The number of rotatable bonds is 3. The Morgan fingerprint density at radius 2 is 1.97 bits per heavy atom. The predicted molar refractivity (Wildman–Crippen MR) is 139 cm³/mol. The highest BCUT2D eigenvalue weighted by molar-refractivity contribution is 7.09. The molecule has 2 saturated heterocycles. The molecule has 0 aliphatic carbocycles. The number of ketones is 1. The Morgan fingerprint density at radius 3 is 2.61 bits per heavy atom. The summed E-state index contributed by atoms with van der Waals surface area (Å²) in [7, 11) is 0. The number of epoxide rings is 1.